The van der Waals surface area contributed by atoms with Crippen LogP contribution in [0, 0.1) is 0 Å². The van der Waals surface area contributed by atoms with E-state index in [4.69, 9.17) is 14.3 Å². The van der Waals surface area contributed by atoms with Gasteiger partial charge in [-0.05, 0) is 39.3 Å². The second-order valence-corrected chi connectivity index (χ2v) is 27.0. The van der Waals surface area contributed by atoms with Gasteiger partial charge in [0.1, 0.15) is 6.79 Å². The van der Waals surface area contributed by atoms with Crippen LogP contribution in [0.4, 0.5) is 0 Å². The van der Waals surface area contributed by atoms with Crippen LogP contribution in [0.15, 0.2) is 24.3 Å². The number of rotatable bonds is 57. The number of amides is 2. The summed E-state index contributed by atoms with van der Waals surface area (Å²) in [6.45, 7) is 16.8. The molecule has 0 rings (SSSR count). The number of hydrogen-bond donors (Lipinski definition) is 3. The third-order valence-corrected chi connectivity index (χ3v) is 17.8. The Hall–Kier alpha value is -1.92. The Bertz CT molecular complexity index is 1460. The first-order valence-electron chi connectivity index (χ1n) is 32.2. The van der Waals surface area contributed by atoms with Crippen molar-refractivity contribution in [3.63, 3.8) is 0 Å². The van der Waals surface area contributed by atoms with Gasteiger partial charge in [0, 0.05) is 65.7 Å². The predicted octanol–water partition coefficient (Wildman–Crippen LogP) is 17.6. The Morgan fingerprint density at radius 3 is 1.30 bits per heavy atom. The number of nitrogens with one attached hydrogen (secondary N) is 3. The number of carbonyl (C=O) groups excluding carboxylic acids is 7. The zero-order chi connectivity index (χ0) is 61.5. The van der Waals surface area contributed by atoms with Crippen LogP contribution in [0.1, 0.15) is 273 Å². The van der Waals surface area contributed by atoms with Gasteiger partial charge >= 0.3 is 11.9 Å². The molecule has 0 aromatic rings. The molecule has 82 heavy (non-hydrogen) atoms. The van der Waals surface area contributed by atoms with Crippen molar-refractivity contribution in [2.75, 3.05) is 62.1 Å². The number of ether oxygens (including phenoxy) is 2. The van der Waals surface area contributed by atoms with Crippen LogP contribution in [0.5, 0.6) is 0 Å². The lowest BCUT2D eigenvalue weighted by atomic mass is 10.0. The molecule has 0 aromatic heterocycles. The van der Waals surface area contributed by atoms with Crippen molar-refractivity contribution in [2.45, 2.75) is 283 Å². The van der Waals surface area contributed by atoms with Gasteiger partial charge in [-0.3, -0.25) is 28.8 Å². The lowest BCUT2D eigenvalue weighted by Crippen LogP contribution is -2.24. The number of esters is 2. The normalized spacial score (nSPS) is 11.6. The molecule has 0 saturated carbocycles. The molecular weight excluding hydrogens is 1130 g/mol. The maximum atomic E-state index is 12.7. The summed E-state index contributed by atoms with van der Waals surface area (Å²) in [6.07, 6.45) is 52.3. The highest BCUT2D eigenvalue weighted by Gasteiger charge is 2.19. The van der Waals surface area contributed by atoms with E-state index in [1.165, 1.54) is 216 Å². The van der Waals surface area contributed by atoms with Gasteiger partial charge in [-0.25, -0.2) is 0 Å². The van der Waals surface area contributed by atoms with Crippen molar-refractivity contribution in [3.8, 4) is 0 Å². The van der Waals surface area contributed by atoms with E-state index in [9.17, 15) is 28.8 Å². The topological polar surface area (TPSA) is 174 Å². The van der Waals surface area contributed by atoms with Crippen molar-refractivity contribution in [1.82, 2.24) is 15.4 Å². The summed E-state index contributed by atoms with van der Waals surface area (Å²) in [7, 11) is 1.96. The molecule has 0 heterocycles. The molecule has 482 valence electrons. The summed E-state index contributed by atoms with van der Waals surface area (Å²) in [5.41, 5.74) is 0. The van der Waals surface area contributed by atoms with E-state index in [1.807, 2.05) is 51.6 Å². The first kappa shape index (κ1) is 86.5. The second-order valence-electron chi connectivity index (χ2n) is 20.7. The average Bonchev–Trinajstić information content (AvgIpc) is 3.46. The van der Waals surface area contributed by atoms with Crippen molar-refractivity contribution in [1.29, 1.82) is 0 Å². The highest BCUT2D eigenvalue weighted by atomic mass is 32.2. The minimum Gasteiger partial charge on any atom is -0.466 e. The predicted molar refractivity (Wildman–Crippen MR) is 364 cm³/mol. The van der Waals surface area contributed by atoms with Crippen LogP contribution < -0.4 is 15.4 Å². The van der Waals surface area contributed by atoms with E-state index in [0.717, 1.165) is 67.7 Å². The largest absolute Gasteiger partial charge is 0.466 e. The van der Waals surface area contributed by atoms with Crippen LogP contribution >= 0.6 is 59.0 Å². The maximum Gasteiger partial charge on any atom is 0.306 e. The first-order valence-corrected chi connectivity index (χ1v) is 37.2. The van der Waals surface area contributed by atoms with Crippen molar-refractivity contribution >= 4 is 100 Å². The number of carbonyl (C=O) groups is 7. The van der Waals surface area contributed by atoms with Crippen molar-refractivity contribution in [2.24, 2.45) is 0 Å². The van der Waals surface area contributed by atoms with Crippen LogP contribution in [-0.4, -0.2) is 114 Å². The lowest BCUT2D eigenvalue weighted by Gasteiger charge is -2.20. The molecule has 0 saturated heterocycles. The fourth-order valence-electron chi connectivity index (χ4n) is 8.42. The van der Waals surface area contributed by atoms with Gasteiger partial charge in [0.2, 0.25) is 17.4 Å². The standard InChI is InChI=1S/C34H66N2O4S3.C27H48O3S.C3H7NOS.CH2O/c1-5-6-7-8-9-10-11-12-13-14-15-16-17-18-19-20-24-40-33(38)21-25-43-34(39)29-32(42-27-23-36-31(3)37)28-30(2)41-26-22-35-4;1-3-5-7-8-9-10-11-12-13-14-15-16-17-18-19-21-24-30-26(28)23-25-31-27(29)22-20-6-4-2;1-2-6-4-3-5;1-2/h30,32,35H,5-29H2,1-4H3,(H,36,37);4,6,20,22H,3,5,7-19,21,23-25H2,1-2H3;3H,2H2,1H3,(H,4,5);1H2/b;6-4+,22-20+;;. The maximum absolute atomic E-state index is 12.7. The lowest BCUT2D eigenvalue weighted by molar-refractivity contribution is -0.144. The van der Waals surface area contributed by atoms with Gasteiger partial charge in [-0.1, -0.05) is 274 Å². The molecule has 2 amide bonds. The van der Waals surface area contributed by atoms with Crippen LogP contribution in [0.3, 0.4) is 0 Å². The molecular formula is C65H123N3O9S5. The zero-order valence-corrected chi connectivity index (χ0v) is 57.4. The summed E-state index contributed by atoms with van der Waals surface area (Å²) >= 11 is 7.48. The minimum absolute atomic E-state index is 0.0243. The minimum atomic E-state index is -0.197. The van der Waals surface area contributed by atoms with Crippen molar-refractivity contribution < 1.29 is 43.0 Å². The molecule has 17 heteroatoms. The van der Waals surface area contributed by atoms with Crippen LogP contribution in [0.2, 0.25) is 0 Å². The molecule has 0 bridgehead atoms. The van der Waals surface area contributed by atoms with Gasteiger partial charge in [-0.2, -0.15) is 23.5 Å². The molecule has 0 radical (unpaired) electrons. The third-order valence-electron chi connectivity index (χ3n) is 13.0. The van der Waals surface area contributed by atoms with Crippen LogP contribution in [-0.2, 0) is 43.0 Å². The van der Waals surface area contributed by atoms with Gasteiger partial charge in [0.25, 0.3) is 0 Å². The van der Waals surface area contributed by atoms with Gasteiger partial charge in [0.15, 0.2) is 5.12 Å². The Balaban J connectivity index is -0.000000680. The average molecular weight is 1250 g/mol. The molecule has 0 spiro atoms. The third kappa shape index (κ3) is 80.1. The summed E-state index contributed by atoms with van der Waals surface area (Å²) in [5.74, 6) is 3.31. The van der Waals surface area contributed by atoms with Crippen molar-refractivity contribution in [3.05, 3.63) is 24.3 Å². The number of allylic oxidation sites excluding steroid dienone is 3. The Kier molecular flexibility index (Phi) is 81.3. The van der Waals surface area contributed by atoms with Gasteiger partial charge < -0.3 is 29.6 Å². The zero-order valence-electron chi connectivity index (χ0n) is 53.3. The highest BCUT2D eigenvalue weighted by Crippen LogP contribution is 2.27. The van der Waals surface area contributed by atoms with E-state index in [-0.39, 0.29) is 39.7 Å². The Labute approximate surface area is 524 Å². The van der Waals surface area contributed by atoms with Crippen LogP contribution in [0.25, 0.3) is 0 Å². The Morgan fingerprint density at radius 1 is 0.537 bits per heavy atom. The molecule has 0 aromatic carbocycles. The molecule has 0 aliphatic heterocycles. The first-order chi connectivity index (χ1) is 40.0. The SMILES string of the molecule is C/C=C/C=C/C(=O)SCCC(=O)OCCCCCCCCCCCCCCCCCC.C=O.CCCCCCCCCCCCCCCCCCOC(=O)CCSC(=O)CC(CC(C)SCCNC)SCCNC(C)=O.CCSNC=O. The smallest absolute Gasteiger partial charge is 0.306 e. The molecule has 2 unspecified atom stereocenters. The summed E-state index contributed by atoms with van der Waals surface area (Å²) in [5, 5.41) is 6.79. The number of thioether (sulfide) groups is 4. The molecule has 0 aliphatic rings. The van der Waals surface area contributed by atoms with Gasteiger partial charge in [-0.15, -0.1) is 0 Å². The molecule has 12 nitrogen and oxygen atoms in total. The Morgan fingerprint density at radius 2 is 0.939 bits per heavy atom. The van der Waals surface area contributed by atoms with Gasteiger partial charge in [0.05, 0.1) is 26.1 Å². The van der Waals surface area contributed by atoms with E-state index < -0.39 is 0 Å². The fourth-order valence-corrected chi connectivity index (χ4v) is 12.7. The summed E-state index contributed by atoms with van der Waals surface area (Å²) < 4.78 is 13.1. The molecule has 3 N–H and O–H groups in total. The quantitative estimate of drug-likeness (QED) is 0.0131. The van der Waals surface area contributed by atoms with E-state index in [1.54, 1.807) is 17.8 Å². The monoisotopic (exact) mass is 1250 g/mol. The second kappa shape index (κ2) is 77.1. The summed E-state index contributed by atoms with van der Waals surface area (Å²) in [6, 6.07) is 0. The fraction of sp³-hybridized carbons (Fsp3) is 0.831. The summed E-state index contributed by atoms with van der Waals surface area (Å²) in [4.78, 5) is 76.5. The molecule has 2 atom stereocenters. The number of unbranched alkanes of at least 4 members (excludes halogenated alkanes) is 30. The molecule has 0 fully saturated rings. The van der Waals surface area contributed by atoms with E-state index >= 15 is 0 Å². The van der Waals surface area contributed by atoms with E-state index in [2.05, 4.69) is 36.1 Å². The highest BCUT2D eigenvalue weighted by molar-refractivity contribution is 8.14. The number of hydrogen-bond acceptors (Lipinski definition) is 15. The van der Waals surface area contributed by atoms with E-state index in [0.29, 0.717) is 55.8 Å². The molecule has 0 aliphatic carbocycles.